The molecule has 2 heteroatoms. The average molecular weight is 259 g/mol. The Balaban J connectivity index is 1.76. The SMILES string of the molecule is CCCNCCC=CCC1OCCc2ccccc21. The van der Waals surface area contributed by atoms with Crippen molar-refractivity contribution in [2.75, 3.05) is 19.7 Å². The highest BCUT2D eigenvalue weighted by Crippen LogP contribution is 2.29. The van der Waals surface area contributed by atoms with Crippen LogP contribution in [-0.2, 0) is 11.2 Å². The van der Waals surface area contributed by atoms with E-state index < -0.39 is 0 Å². The van der Waals surface area contributed by atoms with Gasteiger partial charge in [0.2, 0.25) is 0 Å². The summed E-state index contributed by atoms with van der Waals surface area (Å²) in [5, 5.41) is 3.41. The highest BCUT2D eigenvalue weighted by molar-refractivity contribution is 5.31. The van der Waals surface area contributed by atoms with E-state index in [1.807, 2.05) is 0 Å². The summed E-state index contributed by atoms with van der Waals surface area (Å²) in [5.41, 5.74) is 2.83. The van der Waals surface area contributed by atoms with Gasteiger partial charge in [-0.25, -0.2) is 0 Å². The first-order chi connectivity index (χ1) is 9.42. The first kappa shape index (κ1) is 14.3. The van der Waals surface area contributed by atoms with Gasteiger partial charge in [0.25, 0.3) is 0 Å². The second-order valence-electron chi connectivity index (χ2n) is 5.05. The zero-order valence-electron chi connectivity index (χ0n) is 11.9. The zero-order valence-corrected chi connectivity index (χ0v) is 11.9. The molecular formula is C17H25NO. The second kappa shape index (κ2) is 8.13. The molecule has 1 aliphatic rings. The third-order valence-corrected chi connectivity index (χ3v) is 3.52. The van der Waals surface area contributed by atoms with E-state index in [0.717, 1.165) is 39.0 Å². The standard InChI is InChI=1S/C17H25NO/c1-2-12-18-13-7-3-4-10-17-16-9-6-5-8-15(16)11-14-19-17/h3-6,8-9,17-18H,2,7,10-14H2,1H3. The fourth-order valence-electron chi connectivity index (χ4n) is 2.50. The number of fused-ring (bicyclic) bond motifs is 1. The second-order valence-corrected chi connectivity index (χ2v) is 5.05. The summed E-state index contributed by atoms with van der Waals surface area (Å²) >= 11 is 0. The first-order valence-electron chi connectivity index (χ1n) is 7.47. The van der Waals surface area contributed by atoms with Gasteiger partial charge >= 0.3 is 0 Å². The van der Waals surface area contributed by atoms with E-state index in [-0.39, 0.29) is 6.10 Å². The minimum atomic E-state index is 0.254. The Bertz CT molecular complexity index is 400. The molecule has 19 heavy (non-hydrogen) atoms. The first-order valence-corrected chi connectivity index (χ1v) is 7.47. The van der Waals surface area contributed by atoms with Gasteiger partial charge in [-0.3, -0.25) is 0 Å². The minimum absolute atomic E-state index is 0.254. The molecule has 1 N–H and O–H groups in total. The third kappa shape index (κ3) is 4.48. The normalized spacial score (nSPS) is 18.7. The molecule has 1 atom stereocenters. The number of hydrogen-bond acceptors (Lipinski definition) is 2. The van der Waals surface area contributed by atoms with E-state index in [9.17, 15) is 0 Å². The lowest BCUT2D eigenvalue weighted by molar-refractivity contribution is 0.0445. The van der Waals surface area contributed by atoms with Crippen LogP contribution in [0.25, 0.3) is 0 Å². The highest BCUT2D eigenvalue weighted by Gasteiger charge is 2.18. The highest BCUT2D eigenvalue weighted by atomic mass is 16.5. The maximum atomic E-state index is 5.88. The molecule has 2 nitrogen and oxygen atoms in total. The lowest BCUT2D eigenvalue weighted by Gasteiger charge is -2.25. The zero-order chi connectivity index (χ0) is 13.3. The lowest BCUT2D eigenvalue weighted by Crippen LogP contribution is -2.16. The van der Waals surface area contributed by atoms with Gasteiger partial charge in [-0.2, -0.15) is 0 Å². The molecule has 0 saturated carbocycles. The molecule has 1 aromatic carbocycles. The molecule has 0 saturated heterocycles. The van der Waals surface area contributed by atoms with Crippen molar-refractivity contribution in [1.29, 1.82) is 0 Å². The topological polar surface area (TPSA) is 21.3 Å². The summed E-state index contributed by atoms with van der Waals surface area (Å²) in [4.78, 5) is 0. The predicted octanol–water partition coefficient (Wildman–Crippen LogP) is 3.64. The van der Waals surface area contributed by atoms with E-state index >= 15 is 0 Å². The monoisotopic (exact) mass is 259 g/mol. The van der Waals surface area contributed by atoms with E-state index in [2.05, 4.69) is 48.7 Å². The van der Waals surface area contributed by atoms with Crippen LogP contribution >= 0.6 is 0 Å². The molecule has 1 heterocycles. The van der Waals surface area contributed by atoms with Crippen LogP contribution < -0.4 is 5.32 Å². The number of ether oxygens (including phenoxy) is 1. The van der Waals surface area contributed by atoms with Crippen molar-refractivity contribution < 1.29 is 4.74 Å². The van der Waals surface area contributed by atoms with Crippen molar-refractivity contribution in [1.82, 2.24) is 5.32 Å². The van der Waals surface area contributed by atoms with Gasteiger partial charge in [0.15, 0.2) is 0 Å². The Labute approximate surface area is 116 Å². The van der Waals surface area contributed by atoms with Crippen LogP contribution in [0.5, 0.6) is 0 Å². The number of benzene rings is 1. The Morgan fingerprint density at radius 3 is 3.05 bits per heavy atom. The van der Waals surface area contributed by atoms with Crippen LogP contribution in [-0.4, -0.2) is 19.7 Å². The summed E-state index contributed by atoms with van der Waals surface area (Å²) in [6, 6.07) is 8.66. The molecule has 0 aromatic heterocycles. The Hall–Kier alpha value is -1.12. The Morgan fingerprint density at radius 1 is 1.26 bits per heavy atom. The van der Waals surface area contributed by atoms with E-state index in [0.29, 0.717) is 0 Å². The molecule has 0 bridgehead atoms. The van der Waals surface area contributed by atoms with Gasteiger partial charge < -0.3 is 10.1 Å². The molecule has 1 unspecified atom stereocenters. The number of hydrogen-bond donors (Lipinski definition) is 1. The third-order valence-electron chi connectivity index (χ3n) is 3.52. The molecule has 1 aromatic rings. The van der Waals surface area contributed by atoms with E-state index in [1.54, 1.807) is 0 Å². The molecule has 0 spiro atoms. The number of nitrogens with one attached hydrogen (secondary N) is 1. The fourth-order valence-corrected chi connectivity index (χ4v) is 2.50. The van der Waals surface area contributed by atoms with Crippen LogP contribution in [0.3, 0.4) is 0 Å². The Morgan fingerprint density at radius 2 is 2.16 bits per heavy atom. The summed E-state index contributed by atoms with van der Waals surface area (Å²) in [6.45, 7) is 5.24. The molecule has 104 valence electrons. The average Bonchev–Trinajstić information content (AvgIpc) is 2.46. The van der Waals surface area contributed by atoms with Gasteiger partial charge in [-0.05, 0) is 49.9 Å². The van der Waals surface area contributed by atoms with Crippen molar-refractivity contribution >= 4 is 0 Å². The summed E-state index contributed by atoms with van der Waals surface area (Å²) in [7, 11) is 0. The maximum absolute atomic E-state index is 5.88. The van der Waals surface area contributed by atoms with Crippen molar-refractivity contribution in [3.05, 3.63) is 47.5 Å². The van der Waals surface area contributed by atoms with Crippen molar-refractivity contribution in [2.24, 2.45) is 0 Å². The van der Waals surface area contributed by atoms with E-state index in [4.69, 9.17) is 4.74 Å². The quantitative estimate of drug-likeness (QED) is 0.596. The van der Waals surface area contributed by atoms with Gasteiger partial charge in [0.05, 0.1) is 12.7 Å². The molecule has 0 aliphatic carbocycles. The largest absolute Gasteiger partial charge is 0.373 e. The Kier molecular flexibility index (Phi) is 6.12. The van der Waals surface area contributed by atoms with Gasteiger partial charge in [-0.1, -0.05) is 43.3 Å². The van der Waals surface area contributed by atoms with Crippen LogP contribution in [0.15, 0.2) is 36.4 Å². The summed E-state index contributed by atoms with van der Waals surface area (Å²) < 4.78 is 5.88. The minimum Gasteiger partial charge on any atom is -0.373 e. The smallest absolute Gasteiger partial charge is 0.0862 e. The van der Waals surface area contributed by atoms with Gasteiger partial charge in [0, 0.05) is 0 Å². The summed E-state index contributed by atoms with van der Waals surface area (Å²) in [5.74, 6) is 0. The predicted molar refractivity (Wildman–Crippen MR) is 80.4 cm³/mol. The van der Waals surface area contributed by atoms with Gasteiger partial charge in [-0.15, -0.1) is 0 Å². The van der Waals surface area contributed by atoms with Crippen LogP contribution in [0.4, 0.5) is 0 Å². The van der Waals surface area contributed by atoms with Crippen molar-refractivity contribution in [3.8, 4) is 0 Å². The van der Waals surface area contributed by atoms with Crippen LogP contribution in [0.2, 0.25) is 0 Å². The van der Waals surface area contributed by atoms with E-state index in [1.165, 1.54) is 17.5 Å². The lowest BCUT2D eigenvalue weighted by atomic mass is 9.96. The maximum Gasteiger partial charge on any atom is 0.0862 e. The molecule has 2 rings (SSSR count). The number of rotatable bonds is 7. The van der Waals surface area contributed by atoms with Crippen molar-refractivity contribution in [3.63, 3.8) is 0 Å². The summed E-state index contributed by atoms with van der Waals surface area (Å²) in [6.07, 6.45) is 9.14. The van der Waals surface area contributed by atoms with Crippen LogP contribution in [0.1, 0.15) is 43.4 Å². The molecular weight excluding hydrogens is 234 g/mol. The molecule has 1 aliphatic heterocycles. The molecule has 0 amide bonds. The van der Waals surface area contributed by atoms with Crippen molar-refractivity contribution in [2.45, 2.75) is 38.7 Å². The molecule has 0 fully saturated rings. The van der Waals surface area contributed by atoms with Crippen LogP contribution in [0, 0.1) is 0 Å². The fraction of sp³-hybridized carbons (Fsp3) is 0.529. The molecule has 0 radical (unpaired) electrons. The van der Waals surface area contributed by atoms with Gasteiger partial charge in [0.1, 0.15) is 0 Å².